The molecule has 0 spiro atoms. The van der Waals surface area contributed by atoms with Crippen molar-refractivity contribution in [1.82, 2.24) is 9.97 Å². The summed E-state index contributed by atoms with van der Waals surface area (Å²) >= 11 is 0. The molecule has 0 atom stereocenters. The molecule has 0 aliphatic carbocycles. The normalized spacial score (nSPS) is 9.96. The Morgan fingerprint density at radius 3 is 2.52 bits per heavy atom. The minimum atomic E-state index is 0. The van der Waals surface area contributed by atoms with Gasteiger partial charge in [0.15, 0.2) is 5.82 Å². The van der Waals surface area contributed by atoms with Crippen molar-refractivity contribution in [3.63, 3.8) is 0 Å². The van der Waals surface area contributed by atoms with Crippen LogP contribution in [0.1, 0.15) is 0 Å². The minimum Gasteiger partial charge on any atom is -0.497 e. The topological polar surface area (TPSA) is 47.0 Å². The molecule has 2 aromatic carbocycles. The molecule has 0 aliphatic heterocycles. The highest BCUT2D eigenvalue weighted by atomic mass is 35.5. The number of halogens is 1. The van der Waals surface area contributed by atoms with E-state index in [0.29, 0.717) is 12.4 Å². The molecule has 1 aromatic heterocycles. The molecule has 0 saturated carbocycles. The van der Waals surface area contributed by atoms with Gasteiger partial charge in [-0.1, -0.05) is 18.2 Å². The monoisotopic (exact) mass is 327 g/mol. The van der Waals surface area contributed by atoms with E-state index in [1.807, 2.05) is 54.6 Å². The van der Waals surface area contributed by atoms with E-state index in [1.165, 1.54) is 0 Å². The summed E-state index contributed by atoms with van der Waals surface area (Å²) in [6.07, 6.45) is 1.81. The largest absolute Gasteiger partial charge is 0.497 e. The van der Waals surface area contributed by atoms with Gasteiger partial charge in [-0.2, -0.15) is 0 Å². The minimum absolute atomic E-state index is 0. The molecule has 0 saturated heterocycles. The Morgan fingerprint density at radius 1 is 1.09 bits per heavy atom. The van der Waals surface area contributed by atoms with Crippen LogP contribution in [-0.2, 0) is 0 Å². The Balaban J connectivity index is 0.00000192. The van der Waals surface area contributed by atoms with Crippen LogP contribution < -0.4 is 10.1 Å². The molecule has 118 valence electrons. The number of nitrogens with zero attached hydrogens (tertiary/aromatic N) is 2. The summed E-state index contributed by atoms with van der Waals surface area (Å²) < 4.78 is 5.19. The van der Waals surface area contributed by atoms with E-state index in [-0.39, 0.29) is 12.4 Å². The van der Waals surface area contributed by atoms with E-state index in [0.717, 1.165) is 28.0 Å². The van der Waals surface area contributed by atoms with Crippen molar-refractivity contribution < 1.29 is 4.74 Å². The molecule has 0 amide bonds. The number of benzene rings is 2. The molecule has 0 aliphatic rings. The third-order valence-corrected chi connectivity index (χ3v) is 3.37. The molecule has 3 aromatic rings. The van der Waals surface area contributed by atoms with Gasteiger partial charge in [0.1, 0.15) is 11.6 Å². The Bertz CT molecular complexity index is 803. The first kappa shape index (κ1) is 16.8. The van der Waals surface area contributed by atoms with Gasteiger partial charge < -0.3 is 10.1 Å². The molecule has 0 unspecified atom stereocenters. The Labute approximate surface area is 141 Å². The van der Waals surface area contributed by atoms with Crippen LogP contribution in [0.5, 0.6) is 5.75 Å². The Morgan fingerprint density at radius 2 is 1.83 bits per heavy atom. The van der Waals surface area contributed by atoms with Crippen molar-refractivity contribution in [2.75, 3.05) is 19.0 Å². The molecule has 3 rings (SSSR count). The highest BCUT2D eigenvalue weighted by Crippen LogP contribution is 2.25. The summed E-state index contributed by atoms with van der Waals surface area (Å²) in [6.45, 7) is 4.39. The summed E-state index contributed by atoms with van der Waals surface area (Å²) in [5, 5.41) is 4.28. The third kappa shape index (κ3) is 3.60. The molecule has 4 nitrogen and oxygen atoms in total. The van der Waals surface area contributed by atoms with Gasteiger partial charge in [-0.05, 0) is 36.4 Å². The first-order valence-corrected chi connectivity index (χ1v) is 7.08. The number of fused-ring (bicyclic) bond motifs is 1. The maximum absolute atomic E-state index is 5.19. The molecule has 0 radical (unpaired) electrons. The van der Waals surface area contributed by atoms with E-state index in [2.05, 4.69) is 21.9 Å². The molecule has 5 heteroatoms. The lowest BCUT2D eigenvalue weighted by molar-refractivity contribution is 0.415. The number of methoxy groups -OCH3 is 1. The van der Waals surface area contributed by atoms with Crippen molar-refractivity contribution in [2.24, 2.45) is 0 Å². The van der Waals surface area contributed by atoms with Crippen molar-refractivity contribution in [1.29, 1.82) is 0 Å². The van der Waals surface area contributed by atoms with Gasteiger partial charge in [-0.15, -0.1) is 19.0 Å². The summed E-state index contributed by atoms with van der Waals surface area (Å²) in [5.41, 5.74) is 1.86. The van der Waals surface area contributed by atoms with Crippen LogP contribution in [0.3, 0.4) is 0 Å². The molecule has 23 heavy (non-hydrogen) atoms. The number of para-hydroxylation sites is 1. The maximum Gasteiger partial charge on any atom is 0.162 e. The van der Waals surface area contributed by atoms with Crippen LogP contribution in [0.2, 0.25) is 0 Å². The van der Waals surface area contributed by atoms with Gasteiger partial charge in [0.25, 0.3) is 0 Å². The molecule has 0 fully saturated rings. The zero-order chi connectivity index (χ0) is 15.4. The summed E-state index contributed by atoms with van der Waals surface area (Å²) in [7, 11) is 1.65. The SMILES string of the molecule is C=CCNc1nc(-c2ccc(OC)cc2)nc2ccccc12.Cl. The van der Waals surface area contributed by atoms with E-state index >= 15 is 0 Å². The zero-order valence-corrected chi connectivity index (χ0v) is 13.6. The number of anilines is 1. The maximum atomic E-state index is 5.19. The summed E-state index contributed by atoms with van der Waals surface area (Å²) in [4.78, 5) is 9.31. The van der Waals surface area contributed by atoms with Gasteiger partial charge in [0.05, 0.1) is 12.6 Å². The Kier molecular flexibility index (Phi) is 5.55. The lowest BCUT2D eigenvalue weighted by atomic mass is 10.1. The van der Waals surface area contributed by atoms with Crippen molar-refractivity contribution >= 4 is 29.1 Å². The summed E-state index contributed by atoms with van der Waals surface area (Å²) in [6, 6.07) is 15.7. The highest BCUT2D eigenvalue weighted by Gasteiger charge is 2.08. The van der Waals surface area contributed by atoms with Crippen molar-refractivity contribution in [2.45, 2.75) is 0 Å². The number of aromatic nitrogens is 2. The Hall–Kier alpha value is -2.59. The first-order chi connectivity index (χ1) is 10.8. The van der Waals surface area contributed by atoms with E-state index in [9.17, 15) is 0 Å². The van der Waals surface area contributed by atoms with E-state index < -0.39 is 0 Å². The number of hydrogen-bond acceptors (Lipinski definition) is 4. The molecule has 1 heterocycles. The smallest absolute Gasteiger partial charge is 0.162 e. The number of ether oxygens (including phenoxy) is 1. The van der Waals surface area contributed by atoms with Crippen molar-refractivity contribution in [3.8, 4) is 17.1 Å². The lowest BCUT2D eigenvalue weighted by Crippen LogP contribution is -2.03. The fourth-order valence-corrected chi connectivity index (χ4v) is 2.25. The highest BCUT2D eigenvalue weighted by molar-refractivity contribution is 5.90. The second kappa shape index (κ2) is 7.61. The fraction of sp³-hybridized carbons (Fsp3) is 0.111. The van der Waals surface area contributed by atoms with Gasteiger partial charge in [-0.25, -0.2) is 9.97 Å². The average molecular weight is 328 g/mol. The molecular weight excluding hydrogens is 310 g/mol. The standard InChI is InChI=1S/C18H17N3O.ClH/c1-3-12-19-18-15-6-4-5-7-16(15)20-17(21-18)13-8-10-14(22-2)11-9-13;/h3-11H,1,12H2,2H3,(H,19,20,21);1H. The van der Waals surface area contributed by atoms with Gasteiger partial charge in [0, 0.05) is 17.5 Å². The zero-order valence-electron chi connectivity index (χ0n) is 12.8. The second-order valence-corrected chi connectivity index (χ2v) is 4.81. The molecule has 1 N–H and O–H groups in total. The van der Waals surface area contributed by atoms with Crippen LogP contribution >= 0.6 is 12.4 Å². The van der Waals surface area contributed by atoms with Crippen LogP contribution in [0.4, 0.5) is 5.82 Å². The fourth-order valence-electron chi connectivity index (χ4n) is 2.25. The molecular formula is C18H18ClN3O. The predicted molar refractivity (Wildman–Crippen MR) is 97.5 cm³/mol. The third-order valence-electron chi connectivity index (χ3n) is 3.37. The molecule has 0 bridgehead atoms. The summed E-state index contributed by atoms with van der Waals surface area (Å²) in [5.74, 6) is 2.32. The quantitative estimate of drug-likeness (QED) is 0.709. The van der Waals surface area contributed by atoms with Gasteiger partial charge in [0.2, 0.25) is 0 Å². The van der Waals surface area contributed by atoms with Crippen LogP contribution in [0.15, 0.2) is 61.2 Å². The van der Waals surface area contributed by atoms with E-state index in [4.69, 9.17) is 4.74 Å². The average Bonchev–Trinajstić information content (AvgIpc) is 2.59. The van der Waals surface area contributed by atoms with Gasteiger partial charge >= 0.3 is 0 Å². The first-order valence-electron chi connectivity index (χ1n) is 7.08. The lowest BCUT2D eigenvalue weighted by Gasteiger charge is -2.10. The van der Waals surface area contributed by atoms with Crippen LogP contribution in [-0.4, -0.2) is 23.6 Å². The number of rotatable bonds is 5. The van der Waals surface area contributed by atoms with E-state index in [1.54, 1.807) is 7.11 Å². The second-order valence-electron chi connectivity index (χ2n) is 4.81. The van der Waals surface area contributed by atoms with Crippen molar-refractivity contribution in [3.05, 3.63) is 61.2 Å². The van der Waals surface area contributed by atoms with Crippen LogP contribution in [0, 0.1) is 0 Å². The van der Waals surface area contributed by atoms with Gasteiger partial charge in [-0.3, -0.25) is 0 Å². The number of nitrogens with one attached hydrogen (secondary N) is 1. The number of hydrogen-bond donors (Lipinski definition) is 1. The predicted octanol–water partition coefficient (Wildman–Crippen LogP) is 4.33. The van der Waals surface area contributed by atoms with Crippen LogP contribution in [0.25, 0.3) is 22.3 Å².